The molecule has 0 saturated heterocycles. The molecule has 3 aromatic carbocycles. The van der Waals surface area contributed by atoms with E-state index >= 15 is 0 Å². The van der Waals surface area contributed by atoms with Crippen LogP contribution in [0.3, 0.4) is 0 Å². The van der Waals surface area contributed by atoms with Crippen LogP contribution in [0.5, 0.6) is 11.5 Å². The van der Waals surface area contributed by atoms with Gasteiger partial charge in [0.1, 0.15) is 17.7 Å². The third kappa shape index (κ3) is 5.78. The van der Waals surface area contributed by atoms with Crippen LogP contribution in [0.1, 0.15) is 25.0 Å². The number of fused-ring (bicyclic) bond motifs is 1. The molecule has 0 fully saturated rings. The van der Waals surface area contributed by atoms with Crippen molar-refractivity contribution < 1.29 is 31.1 Å². The molecular weight excluding hydrogens is 529 g/mol. The summed E-state index contributed by atoms with van der Waals surface area (Å²) in [4.78, 5) is 4.12. The van der Waals surface area contributed by atoms with Crippen molar-refractivity contribution in [2.75, 3.05) is 14.2 Å². The smallest absolute Gasteiger partial charge is 0.418 e. The molecule has 1 aromatic heterocycles. The number of para-hydroxylation sites is 1. The van der Waals surface area contributed by atoms with E-state index in [9.17, 15) is 21.6 Å². The highest BCUT2D eigenvalue weighted by molar-refractivity contribution is 7.89. The molecular formula is C29H29F3N2O4S. The largest absolute Gasteiger partial charge is 0.457 e. The van der Waals surface area contributed by atoms with Crippen LogP contribution in [0.25, 0.3) is 22.0 Å². The molecule has 0 saturated carbocycles. The molecule has 10 heteroatoms. The Morgan fingerprint density at radius 1 is 0.949 bits per heavy atom. The molecule has 0 amide bonds. The van der Waals surface area contributed by atoms with E-state index in [4.69, 9.17) is 9.47 Å². The van der Waals surface area contributed by atoms with Gasteiger partial charge >= 0.3 is 6.18 Å². The van der Waals surface area contributed by atoms with Crippen LogP contribution in [-0.2, 0) is 20.9 Å². The summed E-state index contributed by atoms with van der Waals surface area (Å²) in [5.41, 5.74) is 1.02. The Kier molecular flexibility index (Phi) is 8.02. The van der Waals surface area contributed by atoms with E-state index in [0.29, 0.717) is 27.8 Å². The number of nitrogens with zero attached hydrogens (tertiary/aromatic N) is 2. The molecule has 39 heavy (non-hydrogen) atoms. The van der Waals surface area contributed by atoms with E-state index in [1.807, 2.05) is 13.8 Å². The molecule has 4 rings (SSSR count). The number of ether oxygens (including phenoxy) is 2. The number of sulfonamides is 1. The predicted octanol–water partition coefficient (Wildman–Crippen LogP) is 7.27. The van der Waals surface area contributed by atoms with E-state index < -0.39 is 28.0 Å². The van der Waals surface area contributed by atoms with Gasteiger partial charge < -0.3 is 9.47 Å². The van der Waals surface area contributed by atoms with Gasteiger partial charge in [0.2, 0.25) is 10.0 Å². The average molecular weight is 559 g/mol. The molecule has 0 radical (unpaired) electrons. The zero-order valence-electron chi connectivity index (χ0n) is 22.2. The summed E-state index contributed by atoms with van der Waals surface area (Å²) in [7, 11) is -0.954. The monoisotopic (exact) mass is 558 g/mol. The van der Waals surface area contributed by atoms with E-state index in [1.165, 1.54) is 42.9 Å². The number of rotatable bonds is 8. The van der Waals surface area contributed by atoms with E-state index in [2.05, 4.69) is 4.98 Å². The third-order valence-corrected chi connectivity index (χ3v) is 8.22. The van der Waals surface area contributed by atoms with Gasteiger partial charge in [-0.1, -0.05) is 44.2 Å². The molecule has 206 valence electrons. The van der Waals surface area contributed by atoms with Crippen LogP contribution in [0, 0.1) is 12.8 Å². The van der Waals surface area contributed by atoms with Crippen molar-refractivity contribution in [2.24, 2.45) is 5.92 Å². The van der Waals surface area contributed by atoms with Crippen molar-refractivity contribution in [3.63, 3.8) is 0 Å². The standard InChI is InChI=1S/C29H29F3N2O4S/c1-18(2)28(37-5)34(4)39(35,36)23-12-7-11-22(16-23)38-21-10-6-9-20(15-21)26-19(3)17-33-27-24(26)13-8-14-25(27)29(30,31)32/h6-18,28H,1-5H3. The summed E-state index contributed by atoms with van der Waals surface area (Å²) in [6, 6.07) is 17.0. The van der Waals surface area contributed by atoms with Crippen LogP contribution >= 0.6 is 0 Å². The molecule has 1 unspecified atom stereocenters. The first-order valence-corrected chi connectivity index (χ1v) is 13.6. The van der Waals surface area contributed by atoms with Gasteiger partial charge in [-0.2, -0.15) is 17.5 Å². The highest BCUT2D eigenvalue weighted by atomic mass is 32.2. The fourth-order valence-corrected chi connectivity index (χ4v) is 6.08. The summed E-state index contributed by atoms with van der Waals surface area (Å²) < 4.78 is 79.9. The Bertz CT molecular complexity index is 1600. The zero-order chi connectivity index (χ0) is 28.5. The van der Waals surface area contributed by atoms with E-state index in [0.717, 1.165) is 6.07 Å². The van der Waals surface area contributed by atoms with E-state index in [-0.39, 0.29) is 22.1 Å². The number of aromatic nitrogens is 1. The SMILES string of the molecule is COC(C(C)C)N(C)S(=O)(=O)c1cccc(Oc2cccc(-c3c(C)cnc4c(C(F)(F)F)cccc34)c2)c1. The van der Waals surface area contributed by atoms with Crippen molar-refractivity contribution >= 4 is 20.9 Å². The molecule has 0 N–H and O–H groups in total. The number of aryl methyl sites for hydroxylation is 1. The summed E-state index contributed by atoms with van der Waals surface area (Å²) in [5, 5.41) is 0.371. The molecule has 1 heterocycles. The maximum atomic E-state index is 13.6. The number of hydrogen-bond donors (Lipinski definition) is 0. The second-order valence-electron chi connectivity index (χ2n) is 9.51. The minimum Gasteiger partial charge on any atom is -0.457 e. The maximum absolute atomic E-state index is 13.6. The third-order valence-electron chi connectivity index (χ3n) is 6.40. The van der Waals surface area contributed by atoms with Gasteiger partial charge in [-0.15, -0.1) is 0 Å². The van der Waals surface area contributed by atoms with Crippen LogP contribution in [-0.4, -0.2) is 38.1 Å². The lowest BCUT2D eigenvalue weighted by Gasteiger charge is -2.29. The Labute approximate surface area is 226 Å². The number of methoxy groups -OCH3 is 1. The Morgan fingerprint density at radius 3 is 2.23 bits per heavy atom. The van der Waals surface area contributed by atoms with Crippen molar-refractivity contribution in [3.05, 3.63) is 84.1 Å². The lowest BCUT2D eigenvalue weighted by Crippen LogP contribution is -2.41. The van der Waals surface area contributed by atoms with Gasteiger partial charge in [0, 0.05) is 31.8 Å². The summed E-state index contributed by atoms with van der Waals surface area (Å²) in [5.74, 6) is 0.608. The Balaban J connectivity index is 1.71. The average Bonchev–Trinajstić information content (AvgIpc) is 2.88. The first kappa shape index (κ1) is 28.5. The van der Waals surface area contributed by atoms with Crippen molar-refractivity contribution in [3.8, 4) is 22.6 Å². The molecule has 0 aliphatic rings. The summed E-state index contributed by atoms with van der Waals surface area (Å²) >= 11 is 0. The summed E-state index contributed by atoms with van der Waals surface area (Å²) in [6.07, 6.45) is -3.76. The predicted molar refractivity (Wildman–Crippen MR) is 144 cm³/mol. The fourth-order valence-electron chi connectivity index (χ4n) is 4.63. The van der Waals surface area contributed by atoms with Gasteiger partial charge in [0.25, 0.3) is 0 Å². The van der Waals surface area contributed by atoms with Crippen LogP contribution < -0.4 is 4.74 Å². The quantitative estimate of drug-likeness (QED) is 0.213. The van der Waals surface area contributed by atoms with Crippen molar-refractivity contribution in [2.45, 2.75) is 38.1 Å². The number of halogens is 3. The normalized spacial score (nSPS) is 13.3. The zero-order valence-corrected chi connectivity index (χ0v) is 23.0. The first-order valence-electron chi connectivity index (χ1n) is 12.2. The molecule has 4 aromatic rings. The topological polar surface area (TPSA) is 68.7 Å². The van der Waals surface area contributed by atoms with Gasteiger partial charge in [-0.3, -0.25) is 4.98 Å². The Hall–Kier alpha value is -3.47. The highest BCUT2D eigenvalue weighted by Gasteiger charge is 2.34. The summed E-state index contributed by atoms with van der Waals surface area (Å²) in [6.45, 7) is 5.51. The highest BCUT2D eigenvalue weighted by Crippen LogP contribution is 2.39. The van der Waals surface area contributed by atoms with Gasteiger partial charge in [-0.05, 0) is 59.9 Å². The minimum atomic E-state index is -4.54. The molecule has 0 aliphatic carbocycles. The minimum absolute atomic E-state index is 0.0389. The molecule has 1 atom stereocenters. The molecule has 6 nitrogen and oxygen atoms in total. The molecule has 0 bridgehead atoms. The van der Waals surface area contributed by atoms with Crippen LogP contribution in [0.15, 0.2) is 77.8 Å². The van der Waals surface area contributed by atoms with Crippen LogP contribution in [0.2, 0.25) is 0 Å². The van der Waals surface area contributed by atoms with Gasteiger partial charge in [-0.25, -0.2) is 8.42 Å². The second kappa shape index (κ2) is 11.0. The van der Waals surface area contributed by atoms with Gasteiger partial charge in [0.15, 0.2) is 0 Å². The first-order chi connectivity index (χ1) is 18.3. The number of hydrogen-bond acceptors (Lipinski definition) is 5. The fraction of sp³-hybridized carbons (Fsp3) is 0.276. The van der Waals surface area contributed by atoms with Crippen molar-refractivity contribution in [1.29, 1.82) is 0 Å². The lowest BCUT2D eigenvalue weighted by molar-refractivity contribution is -0.136. The maximum Gasteiger partial charge on any atom is 0.418 e. The number of pyridine rings is 1. The molecule has 0 aliphatic heterocycles. The lowest BCUT2D eigenvalue weighted by atomic mass is 9.95. The Morgan fingerprint density at radius 2 is 1.59 bits per heavy atom. The van der Waals surface area contributed by atoms with Gasteiger partial charge in [0.05, 0.1) is 16.0 Å². The van der Waals surface area contributed by atoms with Crippen LogP contribution in [0.4, 0.5) is 13.2 Å². The van der Waals surface area contributed by atoms with Crippen molar-refractivity contribution in [1.82, 2.24) is 9.29 Å². The molecule has 0 spiro atoms. The number of benzene rings is 3. The second-order valence-corrected chi connectivity index (χ2v) is 11.5. The number of alkyl halides is 3. The van der Waals surface area contributed by atoms with E-state index in [1.54, 1.807) is 49.4 Å².